The normalized spacial score (nSPS) is 15.5. The number of urea groups is 1. The molecule has 5 nitrogen and oxygen atoms in total. The SMILES string of the molecule is CC(C)NC(=O)NS(=N)(=O)C(C)C. The predicted octanol–water partition coefficient (Wildman–Crippen LogP) is 1.06. The Morgan fingerprint density at radius 1 is 1.31 bits per heavy atom. The number of nitrogens with one attached hydrogen (secondary N) is 3. The van der Waals surface area contributed by atoms with Gasteiger partial charge in [0, 0.05) is 6.04 Å². The van der Waals surface area contributed by atoms with Gasteiger partial charge in [-0.3, -0.25) is 4.72 Å². The van der Waals surface area contributed by atoms with Gasteiger partial charge in [0.1, 0.15) is 9.92 Å². The number of hydrogen-bond acceptors (Lipinski definition) is 3. The average molecular weight is 207 g/mol. The summed E-state index contributed by atoms with van der Waals surface area (Å²) in [6, 6.07) is -0.578. The van der Waals surface area contributed by atoms with Gasteiger partial charge in [-0.15, -0.1) is 0 Å². The minimum absolute atomic E-state index is 0.0256. The molecule has 0 fully saturated rings. The number of amides is 2. The molecule has 0 saturated carbocycles. The Hall–Kier alpha value is -0.780. The van der Waals surface area contributed by atoms with E-state index in [1.165, 1.54) is 0 Å². The van der Waals surface area contributed by atoms with E-state index >= 15 is 0 Å². The second-order valence-corrected chi connectivity index (χ2v) is 5.73. The van der Waals surface area contributed by atoms with Gasteiger partial charge in [-0.1, -0.05) is 0 Å². The van der Waals surface area contributed by atoms with E-state index in [4.69, 9.17) is 4.78 Å². The van der Waals surface area contributed by atoms with Gasteiger partial charge in [0.05, 0.1) is 5.25 Å². The lowest BCUT2D eigenvalue weighted by Gasteiger charge is -2.14. The molecule has 6 heteroatoms. The zero-order valence-electron chi connectivity index (χ0n) is 8.38. The molecule has 1 unspecified atom stereocenters. The highest BCUT2D eigenvalue weighted by Crippen LogP contribution is 1.96. The Morgan fingerprint density at radius 3 is 2.08 bits per heavy atom. The molecule has 0 rings (SSSR count). The second-order valence-electron chi connectivity index (χ2n) is 3.38. The fraction of sp³-hybridized carbons (Fsp3) is 0.857. The maximum absolute atomic E-state index is 11.4. The van der Waals surface area contributed by atoms with Crippen molar-refractivity contribution in [1.29, 1.82) is 4.78 Å². The average Bonchev–Trinajstić information content (AvgIpc) is 1.82. The van der Waals surface area contributed by atoms with Crippen molar-refractivity contribution in [3.8, 4) is 0 Å². The second kappa shape index (κ2) is 4.45. The minimum atomic E-state index is -3.01. The van der Waals surface area contributed by atoms with Crippen molar-refractivity contribution in [2.24, 2.45) is 0 Å². The van der Waals surface area contributed by atoms with Crippen molar-refractivity contribution in [2.45, 2.75) is 39.0 Å². The van der Waals surface area contributed by atoms with E-state index in [2.05, 4.69) is 10.0 Å². The van der Waals surface area contributed by atoms with Crippen LogP contribution in [0.3, 0.4) is 0 Å². The van der Waals surface area contributed by atoms with E-state index < -0.39 is 15.9 Å². The van der Waals surface area contributed by atoms with E-state index in [9.17, 15) is 9.00 Å². The molecule has 3 N–H and O–H groups in total. The number of rotatable bonds is 3. The van der Waals surface area contributed by atoms with Crippen LogP contribution in [0, 0.1) is 4.78 Å². The number of carbonyl (C=O) groups is 1. The third kappa shape index (κ3) is 4.72. The lowest BCUT2D eigenvalue weighted by molar-refractivity contribution is 0.244. The van der Waals surface area contributed by atoms with E-state index in [-0.39, 0.29) is 11.3 Å². The molecule has 0 heterocycles. The highest BCUT2D eigenvalue weighted by Gasteiger charge is 2.14. The van der Waals surface area contributed by atoms with Crippen LogP contribution in [0.15, 0.2) is 0 Å². The molecule has 0 spiro atoms. The molecule has 0 bridgehead atoms. The molecule has 0 aromatic rings. The first-order chi connectivity index (χ1) is 5.75. The molecular formula is C7H17N3O2S. The number of hydrogen-bond donors (Lipinski definition) is 3. The third-order valence-corrected chi connectivity index (χ3v) is 3.14. The minimum Gasteiger partial charge on any atom is -0.335 e. The lowest BCUT2D eigenvalue weighted by Crippen LogP contribution is -2.44. The fourth-order valence-electron chi connectivity index (χ4n) is 0.547. The van der Waals surface area contributed by atoms with Crippen molar-refractivity contribution in [2.75, 3.05) is 0 Å². The van der Waals surface area contributed by atoms with E-state index in [1.807, 2.05) is 0 Å². The van der Waals surface area contributed by atoms with Crippen LogP contribution < -0.4 is 10.0 Å². The van der Waals surface area contributed by atoms with Crippen molar-refractivity contribution >= 4 is 15.9 Å². The summed E-state index contributed by atoms with van der Waals surface area (Å²) in [7, 11) is -3.01. The van der Waals surface area contributed by atoms with Gasteiger partial charge in [0.25, 0.3) is 0 Å². The molecule has 0 radical (unpaired) electrons. The zero-order chi connectivity index (χ0) is 10.6. The number of carbonyl (C=O) groups excluding carboxylic acids is 1. The molecule has 0 aromatic heterocycles. The van der Waals surface area contributed by atoms with Crippen molar-refractivity contribution in [3.05, 3.63) is 0 Å². The maximum Gasteiger partial charge on any atom is 0.327 e. The third-order valence-electron chi connectivity index (χ3n) is 1.33. The van der Waals surface area contributed by atoms with Crippen LogP contribution in [0.2, 0.25) is 0 Å². The first-order valence-corrected chi connectivity index (χ1v) is 5.73. The molecule has 78 valence electrons. The summed E-state index contributed by atoms with van der Waals surface area (Å²) >= 11 is 0. The van der Waals surface area contributed by atoms with Crippen molar-refractivity contribution in [1.82, 2.24) is 10.0 Å². The predicted molar refractivity (Wildman–Crippen MR) is 52.8 cm³/mol. The molecule has 1 atom stereocenters. The Labute approximate surface area is 79.4 Å². The van der Waals surface area contributed by atoms with Gasteiger partial charge < -0.3 is 5.32 Å². The van der Waals surface area contributed by atoms with Crippen LogP contribution in [-0.4, -0.2) is 21.5 Å². The molecule has 0 aliphatic heterocycles. The summed E-state index contributed by atoms with van der Waals surface area (Å²) < 4.78 is 20.8. The monoisotopic (exact) mass is 207 g/mol. The van der Waals surface area contributed by atoms with Gasteiger partial charge in [0.2, 0.25) is 0 Å². The van der Waals surface area contributed by atoms with Gasteiger partial charge in [0.15, 0.2) is 0 Å². The molecule has 2 amide bonds. The van der Waals surface area contributed by atoms with Crippen molar-refractivity contribution < 1.29 is 9.00 Å². The van der Waals surface area contributed by atoms with E-state index in [0.29, 0.717) is 0 Å². The zero-order valence-corrected chi connectivity index (χ0v) is 9.20. The summed E-state index contributed by atoms with van der Waals surface area (Å²) in [6.45, 7) is 6.84. The van der Waals surface area contributed by atoms with Gasteiger partial charge in [-0.2, -0.15) is 0 Å². The summed E-state index contributed by atoms with van der Waals surface area (Å²) in [5.41, 5.74) is 0. The van der Waals surface area contributed by atoms with E-state index in [0.717, 1.165) is 0 Å². The standard InChI is InChI=1S/C7H17N3O2S/c1-5(2)9-7(11)10-13(8,12)6(3)4/h5-6H,1-4H3,(H3,8,9,10,11,12). The molecular weight excluding hydrogens is 190 g/mol. The van der Waals surface area contributed by atoms with Crippen LogP contribution in [0.5, 0.6) is 0 Å². The Kier molecular flexibility index (Phi) is 4.19. The van der Waals surface area contributed by atoms with Crippen LogP contribution in [0.25, 0.3) is 0 Å². The van der Waals surface area contributed by atoms with Crippen LogP contribution in [0.4, 0.5) is 4.79 Å². The van der Waals surface area contributed by atoms with Crippen LogP contribution in [-0.2, 0) is 9.92 Å². The molecule has 0 saturated heterocycles. The summed E-state index contributed by atoms with van der Waals surface area (Å²) in [5, 5.41) is 2.12. The topological polar surface area (TPSA) is 82.1 Å². The highest BCUT2D eigenvalue weighted by molar-refractivity contribution is 7.91. The fourth-order valence-corrected chi connectivity index (χ4v) is 1.12. The van der Waals surface area contributed by atoms with Crippen molar-refractivity contribution in [3.63, 3.8) is 0 Å². The quantitative estimate of drug-likeness (QED) is 0.646. The Morgan fingerprint density at radius 2 is 1.77 bits per heavy atom. The Bertz CT molecular complexity index is 269. The molecule has 0 aliphatic carbocycles. The largest absolute Gasteiger partial charge is 0.335 e. The molecule has 0 aromatic carbocycles. The van der Waals surface area contributed by atoms with Gasteiger partial charge in [-0.25, -0.2) is 13.8 Å². The first-order valence-electron chi connectivity index (χ1n) is 4.11. The van der Waals surface area contributed by atoms with E-state index in [1.54, 1.807) is 27.7 Å². The van der Waals surface area contributed by atoms with Crippen LogP contribution >= 0.6 is 0 Å². The van der Waals surface area contributed by atoms with Crippen LogP contribution in [0.1, 0.15) is 27.7 Å². The Balaban J connectivity index is 4.22. The maximum atomic E-state index is 11.4. The first kappa shape index (κ1) is 12.2. The summed E-state index contributed by atoms with van der Waals surface area (Å²) in [5.74, 6) is 0. The lowest BCUT2D eigenvalue weighted by atomic mass is 10.4. The molecule has 13 heavy (non-hydrogen) atoms. The smallest absolute Gasteiger partial charge is 0.327 e. The molecule has 0 aliphatic rings. The van der Waals surface area contributed by atoms with Gasteiger partial charge in [-0.05, 0) is 27.7 Å². The highest BCUT2D eigenvalue weighted by atomic mass is 32.2. The summed E-state index contributed by atoms with van der Waals surface area (Å²) in [6.07, 6.45) is 0. The van der Waals surface area contributed by atoms with Gasteiger partial charge >= 0.3 is 6.03 Å². The summed E-state index contributed by atoms with van der Waals surface area (Å²) in [4.78, 5) is 11.1.